The first-order valence-electron chi connectivity index (χ1n) is 12.3. The zero-order valence-electron chi connectivity index (χ0n) is 18.8. The van der Waals surface area contributed by atoms with E-state index in [9.17, 15) is 9.59 Å². The van der Waals surface area contributed by atoms with E-state index in [0.717, 1.165) is 57.3 Å². The molecule has 2 saturated heterocycles. The molecule has 0 unspecified atom stereocenters. The Bertz CT molecular complexity index is 856. The van der Waals surface area contributed by atoms with Crippen molar-refractivity contribution in [1.29, 1.82) is 0 Å². The van der Waals surface area contributed by atoms with Crippen LogP contribution in [0.3, 0.4) is 0 Å². The molecule has 0 aromatic heterocycles. The van der Waals surface area contributed by atoms with E-state index in [1.54, 1.807) is 0 Å². The largest absolute Gasteiger partial charge is 0.462 e. The Kier molecular flexibility index (Phi) is 5.54. The van der Waals surface area contributed by atoms with Crippen LogP contribution in [0.5, 0.6) is 0 Å². The van der Waals surface area contributed by atoms with E-state index in [0.29, 0.717) is 11.8 Å². The van der Waals surface area contributed by atoms with Crippen LogP contribution in [0.1, 0.15) is 62.2 Å². The Labute approximate surface area is 186 Å². The fraction of sp³-hybridized carbons (Fsp3) is 0.630. The van der Waals surface area contributed by atoms with Crippen molar-refractivity contribution in [2.75, 3.05) is 19.6 Å². The van der Waals surface area contributed by atoms with Crippen molar-refractivity contribution in [3.05, 3.63) is 48.0 Å². The van der Waals surface area contributed by atoms with E-state index in [1.807, 2.05) is 30.3 Å². The predicted octanol–water partition coefficient (Wildman–Crippen LogP) is 3.48. The van der Waals surface area contributed by atoms with Crippen molar-refractivity contribution >= 4 is 11.8 Å². The number of esters is 1. The SMILES string of the molecule is C=C1CCC[C@]2(C)C[C@H]3OC(=O)[C@@H](C[NH+]4CCC(C(=O)c5ccccc5)CC4)[C@H]3C[C@@H]12. The summed E-state index contributed by atoms with van der Waals surface area (Å²) >= 11 is 0. The summed E-state index contributed by atoms with van der Waals surface area (Å²) in [5.41, 5.74) is 2.49. The van der Waals surface area contributed by atoms with E-state index in [2.05, 4.69) is 13.5 Å². The van der Waals surface area contributed by atoms with Gasteiger partial charge in [-0.3, -0.25) is 9.59 Å². The molecule has 4 fully saturated rings. The van der Waals surface area contributed by atoms with E-state index in [-0.39, 0.29) is 35.1 Å². The molecule has 1 N–H and O–H groups in total. The number of ether oxygens (including phenoxy) is 1. The molecule has 1 aromatic carbocycles. The van der Waals surface area contributed by atoms with Gasteiger partial charge in [0.15, 0.2) is 5.78 Å². The van der Waals surface area contributed by atoms with Crippen molar-refractivity contribution in [3.8, 4) is 0 Å². The zero-order chi connectivity index (χ0) is 21.6. The second kappa shape index (κ2) is 8.20. The predicted molar refractivity (Wildman–Crippen MR) is 120 cm³/mol. The molecule has 31 heavy (non-hydrogen) atoms. The number of hydrogen-bond acceptors (Lipinski definition) is 3. The fourth-order valence-electron chi connectivity index (χ4n) is 7.13. The number of carbonyl (C=O) groups excluding carboxylic acids is 2. The quantitative estimate of drug-likeness (QED) is 0.459. The average Bonchev–Trinajstić information content (AvgIpc) is 3.06. The van der Waals surface area contributed by atoms with Crippen molar-refractivity contribution in [2.45, 2.75) is 58.0 Å². The highest BCUT2D eigenvalue weighted by Gasteiger charge is 2.56. The first-order valence-corrected chi connectivity index (χ1v) is 12.3. The van der Waals surface area contributed by atoms with Crippen LogP contribution in [0.2, 0.25) is 0 Å². The molecule has 0 spiro atoms. The summed E-state index contributed by atoms with van der Waals surface area (Å²) in [6, 6.07) is 9.67. The van der Waals surface area contributed by atoms with E-state index in [1.165, 1.54) is 23.3 Å². The summed E-state index contributed by atoms with van der Waals surface area (Å²) in [5, 5.41) is 0. The second-order valence-corrected chi connectivity index (χ2v) is 10.9. The molecule has 0 bridgehead atoms. The van der Waals surface area contributed by atoms with Gasteiger partial charge in [0, 0.05) is 30.2 Å². The van der Waals surface area contributed by atoms with Crippen LogP contribution < -0.4 is 4.90 Å². The van der Waals surface area contributed by atoms with Crippen LogP contribution >= 0.6 is 0 Å². The molecule has 0 radical (unpaired) electrons. The van der Waals surface area contributed by atoms with Crippen molar-refractivity contribution in [3.63, 3.8) is 0 Å². The smallest absolute Gasteiger partial charge is 0.315 e. The number of piperidine rings is 1. The summed E-state index contributed by atoms with van der Waals surface area (Å²) in [4.78, 5) is 27.1. The maximum atomic E-state index is 12.9. The number of benzene rings is 1. The molecule has 2 saturated carbocycles. The lowest BCUT2D eigenvalue weighted by atomic mass is 9.55. The van der Waals surface area contributed by atoms with Gasteiger partial charge in [-0.25, -0.2) is 0 Å². The summed E-state index contributed by atoms with van der Waals surface area (Å²) < 4.78 is 5.95. The standard InChI is InChI=1S/C27H35NO3/c1-18-7-6-12-27(2)16-24-21(15-23(18)27)22(26(30)31-24)17-28-13-10-20(11-14-28)25(29)19-8-4-3-5-9-19/h3-5,8-9,20-24H,1,6-7,10-17H2,2H3/p+1/t21-,22+,23+,24-,27-/m1/s1. The summed E-state index contributed by atoms with van der Waals surface area (Å²) in [6.07, 6.45) is 7.60. The minimum atomic E-state index is 0.0145. The number of carbonyl (C=O) groups is 2. The van der Waals surface area contributed by atoms with E-state index >= 15 is 0 Å². The molecule has 4 heteroatoms. The highest BCUT2D eigenvalue weighted by Crippen LogP contribution is 2.56. The number of ketones is 1. The number of hydrogen-bond donors (Lipinski definition) is 1. The Hall–Kier alpha value is -1.94. The molecule has 2 heterocycles. The highest BCUT2D eigenvalue weighted by molar-refractivity contribution is 5.97. The molecule has 2 aliphatic carbocycles. The maximum Gasteiger partial charge on any atom is 0.315 e. The number of rotatable bonds is 4. The van der Waals surface area contributed by atoms with Gasteiger partial charge in [0.2, 0.25) is 0 Å². The van der Waals surface area contributed by atoms with Gasteiger partial charge in [0.05, 0.1) is 19.6 Å². The van der Waals surface area contributed by atoms with Crippen molar-refractivity contribution in [1.82, 2.24) is 0 Å². The first-order chi connectivity index (χ1) is 14.9. The van der Waals surface area contributed by atoms with Gasteiger partial charge in [0.1, 0.15) is 12.0 Å². The van der Waals surface area contributed by atoms with Gasteiger partial charge in [-0.1, -0.05) is 49.4 Å². The molecular formula is C27H36NO3+. The number of fused-ring (bicyclic) bond motifs is 2. The third kappa shape index (κ3) is 3.88. The molecule has 166 valence electrons. The highest BCUT2D eigenvalue weighted by atomic mass is 16.6. The zero-order valence-corrected chi connectivity index (χ0v) is 18.8. The summed E-state index contributed by atoms with van der Waals surface area (Å²) in [6.45, 7) is 9.60. The molecule has 4 nitrogen and oxygen atoms in total. The monoisotopic (exact) mass is 422 g/mol. The first kappa shape index (κ1) is 20.9. The second-order valence-electron chi connectivity index (χ2n) is 10.9. The molecule has 5 atom stereocenters. The number of allylic oxidation sites excluding steroid dienone is 1. The minimum Gasteiger partial charge on any atom is -0.462 e. The lowest BCUT2D eigenvalue weighted by Gasteiger charge is -2.50. The van der Waals surface area contributed by atoms with Gasteiger partial charge >= 0.3 is 5.97 Å². The Morgan fingerprint density at radius 2 is 1.97 bits per heavy atom. The maximum absolute atomic E-state index is 12.9. The molecule has 0 amide bonds. The van der Waals surface area contributed by atoms with Gasteiger partial charge in [-0.05, 0) is 43.4 Å². The Balaban J connectivity index is 1.21. The number of likely N-dealkylation sites (tertiary alicyclic amines) is 1. The van der Waals surface area contributed by atoms with Crippen LogP contribution in [0.4, 0.5) is 0 Å². The Morgan fingerprint density at radius 3 is 2.71 bits per heavy atom. The lowest BCUT2D eigenvalue weighted by Crippen LogP contribution is -3.14. The number of Topliss-reactive ketones (excluding diaryl/α,β-unsaturated/α-hetero) is 1. The average molecular weight is 423 g/mol. The fourth-order valence-corrected chi connectivity index (χ4v) is 7.13. The van der Waals surface area contributed by atoms with Crippen LogP contribution in [-0.2, 0) is 9.53 Å². The van der Waals surface area contributed by atoms with Gasteiger partial charge in [0.25, 0.3) is 0 Å². The normalized spacial score (nSPS) is 40.0. The number of quaternary nitrogens is 1. The van der Waals surface area contributed by atoms with Crippen LogP contribution in [0.15, 0.2) is 42.5 Å². The molecule has 5 rings (SSSR count). The van der Waals surface area contributed by atoms with E-state index in [4.69, 9.17) is 4.74 Å². The summed E-state index contributed by atoms with van der Waals surface area (Å²) in [7, 11) is 0. The van der Waals surface area contributed by atoms with Crippen molar-refractivity contribution < 1.29 is 19.2 Å². The van der Waals surface area contributed by atoms with Gasteiger partial charge in [-0.2, -0.15) is 0 Å². The van der Waals surface area contributed by atoms with Crippen LogP contribution in [0.25, 0.3) is 0 Å². The van der Waals surface area contributed by atoms with Gasteiger partial charge in [-0.15, -0.1) is 0 Å². The van der Waals surface area contributed by atoms with Crippen LogP contribution in [-0.4, -0.2) is 37.5 Å². The minimum absolute atomic E-state index is 0.0145. The lowest BCUT2D eigenvalue weighted by molar-refractivity contribution is -0.908. The van der Waals surface area contributed by atoms with Gasteiger partial charge < -0.3 is 9.64 Å². The third-order valence-electron chi connectivity index (χ3n) is 8.95. The topological polar surface area (TPSA) is 47.8 Å². The third-order valence-corrected chi connectivity index (χ3v) is 8.95. The molecule has 1 aromatic rings. The van der Waals surface area contributed by atoms with Crippen LogP contribution in [0, 0.1) is 29.1 Å². The molecule has 4 aliphatic rings. The number of nitrogens with one attached hydrogen (secondary N) is 1. The van der Waals surface area contributed by atoms with E-state index < -0.39 is 0 Å². The molecular weight excluding hydrogens is 386 g/mol. The van der Waals surface area contributed by atoms with Crippen molar-refractivity contribution in [2.24, 2.45) is 29.1 Å². The summed E-state index contributed by atoms with van der Waals surface area (Å²) in [5.74, 6) is 1.33. The molecule has 2 aliphatic heterocycles. The Morgan fingerprint density at radius 1 is 1.23 bits per heavy atom.